The Kier molecular flexibility index (Phi) is 10.7. The van der Waals surface area contributed by atoms with Gasteiger partial charge in [-0.25, -0.2) is 14.4 Å². The maximum Gasteiger partial charge on any atom is 0.407 e. The van der Waals surface area contributed by atoms with E-state index in [1.807, 2.05) is 0 Å². The summed E-state index contributed by atoms with van der Waals surface area (Å²) in [5.74, 6) is -2.31. The molecule has 1 aromatic heterocycles. The normalized spacial score (nSPS) is 13.5. The van der Waals surface area contributed by atoms with Gasteiger partial charge in [-0.1, -0.05) is 12.1 Å². The predicted octanol–water partition coefficient (Wildman–Crippen LogP) is 4.37. The number of ether oxygens (including phenoxy) is 3. The minimum absolute atomic E-state index is 0.162. The Bertz CT molecular complexity index is 1590. The van der Waals surface area contributed by atoms with Crippen molar-refractivity contribution in [2.24, 2.45) is 0 Å². The molecule has 0 spiro atoms. The molecule has 2 N–H and O–H groups in total. The first kappa shape index (κ1) is 34.6. The van der Waals surface area contributed by atoms with E-state index in [2.05, 4.69) is 15.7 Å². The summed E-state index contributed by atoms with van der Waals surface area (Å²) >= 11 is 0. The minimum atomic E-state index is -1.45. The summed E-state index contributed by atoms with van der Waals surface area (Å²) < 4.78 is 18.0. The first-order valence-corrected chi connectivity index (χ1v) is 15.0. The van der Waals surface area contributed by atoms with Gasteiger partial charge in [0, 0.05) is 24.8 Å². The van der Waals surface area contributed by atoms with E-state index in [0.29, 0.717) is 41.6 Å². The second-order valence-corrected chi connectivity index (χ2v) is 12.6. The number of hydroxylamine groups is 2. The summed E-state index contributed by atoms with van der Waals surface area (Å²) in [6, 6.07) is 12.4. The van der Waals surface area contributed by atoms with Gasteiger partial charge in [-0.05, 0) is 84.4 Å². The summed E-state index contributed by atoms with van der Waals surface area (Å²) in [6.07, 6.45) is 1.85. The van der Waals surface area contributed by atoms with Crippen molar-refractivity contribution in [3.63, 3.8) is 0 Å². The number of imide groups is 1. The van der Waals surface area contributed by atoms with Crippen LogP contribution < -0.4 is 15.4 Å². The van der Waals surface area contributed by atoms with Crippen molar-refractivity contribution in [3.05, 3.63) is 77.6 Å². The maximum atomic E-state index is 13.0. The van der Waals surface area contributed by atoms with Gasteiger partial charge in [0.2, 0.25) is 6.10 Å². The number of carbonyl (C=O) groups excluding carboxylic acids is 5. The van der Waals surface area contributed by atoms with Crippen LogP contribution in [0.1, 0.15) is 79.0 Å². The molecule has 1 atom stereocenters. The van der Waals surface area contributed by atoms with Crippen LogP contribution in [-0.4, -0.2) is 75.1 Å². The van der Waals surface area contributed by atoms with Crippen molar-refractivity contribution in [2.75, 3.05) is 18.5 Å². The molecule has 0 saturated heterocycles. The SMILES string of the molecule is CC(C)(C)OC(=O)NCCCn1cc(NC(=O)c2ccc(OC[C@H](ON3C(=O)c4ccccc4C3=O)C(=O)OC(C)(C)C)cc2)cn1. The molecular formula is C33H39N5O9. The number of aryl methyl sites for hydroxylation is 1. The van der Waals surface area contributed by atoms with Gasteiger partial charge in [0.15, 0.2) is 0 Å². The molecule has 0 radical (unpaired) electrons. The van der Waals surface area contributed by atoms with Gasteiger partial charge in [-0.3, -0.25) is 19.1 Å². The van der Waals surface area contributed by atoms with E-state index < -0.39 is 41.2 Å². The number of amides is 4. The van der Waals surface area contributed by atoms with E-state index in [1.165, 1.54) is 42.6 Å². The van der Waals surface area contributed by atoms with Crippen LogP contribution >= 0.6 is 0 Å². The zero-order valence-corrected chi connectivity index (χ0v) is 27.2. The van der Waals surface area contributed by atoms with E-state index in [9.17, 15) is 24.0 Å². The van der Waals surface area contributed by atoms with Crippen LogP contribution in [0.2, 0.25) is 0 Å². The molecule has 4 rings (SSSR count). The number of anilines is 1. The molecule has 1 aliphatic rings. The number of alkyl carbamates (subject to hydrolysis) is 1. The fourth-order valence-electron chi connectivity index (χ4n) is 4.27. The monoisotopic (exact) mass is 649 g/mol. The van der Waals surface area contributed by atoms with Crippen molar-refractivity contribution >= 4 is 35.5 Å². The average Bonchev–Trinajstić information content (AvgIpc) is 3.53. The fourth-order valence-corrected chi connectivity index (χ4v) is 4.27. The number of nitrogens with one attached hydrogen (secondary N) is 2. The third kappa shape index (κ3) is 9.87. The van der Waals surface area contributed by atoms with Crippen LogP contribution in [-0.2, 0) is 25.7 Å². The number of hydrogen-bond acceptors (Lipinski definition) is 10. The number of fused-ring (bicyclic) bond motifs is 1. The fraction of sp³-hybridized carbons (Fsp3) is 0.394. The van der Waals surface area contributed by atoms with Crippen LogP contribution in [0.4, 0.5) is 10.5 Å². The number of carbonyl (C=O) groups is 5. The van der Waals surface area contributed by atoms with E-state index >= 15 is 0 Å². The van der Waals surface area contributed by atoms with Crippen LogP contribution in [0.3, 0.4) is 0 Å². The van der Waals surface area contributed by atoms with Crippen LogP contribution in [0.5, 0.6) is 5.75 Å². The maximum absolute atomic E-state index is 13.0. The predicted molar refractivity (Wildman–Crippen MR) is 169 cm³/mol. The second kappa shape index (κ2) is 14.5. The van der Waals surface area contributed by atoms with Gasteiger partial charge in [0.05, 0.1) is 23.0 Å². The van der Waals surface area contributed by atoms with E-state index in [4.69, 9.17) is 19.0 Å². The van der Waals surface area contributed by atoms with E-state index in [0.717, 1.165) is 0 Å². The quantitative estimate of drug-likeness (QED) is 0.163. The summed E-state index contributed by atoms with van der Waals surface area (Å²) in [6.45, 7) is 10.9. The highest BCUT2D eigenvalue weighted by molar-refractivity contribution is 6.20. The molecule has 14 heteroatoms. The van der Waals surface area contributed by atoms with Gasteiger partial charge >= 0.3 is 12.1 Å². The largest absolute Gasteiger partial charge is 0.490 e. The molecule has 0 saturated carbocycles. The van der Waals surface area contributed by atoms with Crippen molar-refractivity contribution in [2.45, 2.75) is 71.8 Å². The first-order valence-electron chi connectivity index (χ1n) is 15.0. The molecule has 250 valence electrons. The second-order valence-electron chi connectivity index (χ2n) is 12.6. The van der Waals surface area contributed by atoms with Crippen LogP contribution in [0.25, 0.3) is 0 Å². The van der Waals surface area contributed by atoms with Gasteiger partial charge in [0.1, 0.15) is 23.6 Å². The van der Waals surface area contributed by atoms with Gasteiger partial charge < -0.3 is 24.8 Å². The molecule has 0 unspecified atom stereocenters. The third-order valence-corrected chi connectivity index (χ3v) is 6.30. The molecule has 47 heavy (non-hydrogen) atoms. The lowest BCUT2D eigenvalue weighted by molar-refractivity contribution is -0.193. The number of hydrogen-bond donors (Lipinski definition) is 2. The lowest BCUT2D eigenvalue weighted by Gasteiger charge is -2.26. The molecule has 0 bridgehead atoms. The summed E-state index contributed by atoms with van der Waals surface area (Å²) in [5, 5.41) is 10.2. The van der Waals surface area contributed by atoms with Crippen molar-refractivity contribution in [1.82, 2.24) is 20.2 Å². The minimum Gasteiger partial charge on any atom is -0.490 e. The highest BCUT2D eigenvalue weighted by Crippen LogP contribution is 2.25. The Hall–Kier alpha value is -5.24. The highest BCUT2D eigenvalue weighted by Gasteiger charge is 2.40. The Balaban J connectivity index is 1.30. The molecule has 3 aromatic rings. The molecular weight excluding hydrogens is 610 g/mol. The van der Waals surface area contributed by atoms with Gasteiger partial charge in [-0.15, -0.1) is 5.06 Å². The number of benzene rings is 2. The van der Waals surface area contributed by atoms with Gasteiger partial charge in [-0.2, -0.15) is 5.10 Å². The molecule has 1 aliphatic heterocycles. The van der Waals surface area contributed by atoms with Crippen LogP contribution in [0, 0.1) is 0 Å². The summed E-state index contributed by atoms with van der Waals surface area (Å²) in [7, 11) is 0. The Labute approximate surface area is 272 Å². The molecule has 2 aromatic carbocycles. The average molecular weight is 650 g/mol. The lowest BCUT2D eigenvalue weighted by Crippen LogP contribution is -2.43. The molecule has 4 amide bonds. The van der Waals surface area contributed by atoms with E-state index in [-0.39, 0.29) is 23.6 Å². The molecule has 2 heterocycles. The highest BCUT2D eigenvalue weighted by atomic mass is 16.7. The summed E-state index contributed by atoms with van der Waals surface area (Å²) in [4.78, 5) is 68.7. The third-order valence-electron chi connectivity index (χ3n) is 6.30. The summed E-state index contributed by atoms with van der Waals surface area (Å²) in [5.41, 5.74) is -0.298. The van der Waals surface area contributed by atoms with Gasteiger partial charge in [0.25, 0.3) is 17.7 Å². The zero-order valence-electron chi connectivity index (χ0n) is 27.2. The zero-order chi connectivity index (χ0) is 34.4. The topological polar surface area (TPSA) is 167 Å². The van der Waals surface area contributed by atoms with Crippen molar-refractivity contribution in [1.29, 1.82) is 0 Å². The number of esters is 1. The molecule has 0 fully saturated rings. The van der Waals surface area contributed by atoms with Crippen LogP contribution in [0.15, 0.2) is 60.9 Å². The molecule has 0 aliphatic carbocycles. The molecule has 14 nitrogen and oxygen atoms in total. The Morgan fingerprint density at radius 2 is 1.49 bits per heavy atom. The Morgan fingerprint density at radius 3 is 2.09 bits per heavy atom. The number of rotatable bonds is 12. The first-order chi connectivity index (χ1) is 22.1. The van der Waals surface area contributed by atoms with E-state index in [1.54, 1.807) is 64.6 Å². The Morgan fingerprint density at radius 1 is 0.872 bits per heavy atom. The van der Waals surface area contributed by atoms with Crippen molar-refractivity contribution < 1.29 is 43.0 Å². The number of aromatic nitrogens is 2. The van der Waals surface area contributed by atoms with Crippen molar-refractivity contribution in [3.8, 4) is 5.75 Å². The standard InChI is InChI=1S/C33H39N5O9/c1-32(2,3)45-30(42)26(47-38-28(40)24-10-7-8-11-25(24)29(38)41)20-44-23-14-12-21(13-15-23)27(39)36-22-18-35-37(19-22)17-9-16-34-31(43)46-33(4,5)6/h7-8,10-15,18-19,26H,9,16-17,20H2,1-6H3,(H,34,43)(H,36,39)/t26-/m0/s1. The smallest absolute Gasteiger partial charge is 0.407 e. The lowest BCUT2D eigenvalue weighted by atomic mass is 10.1. The number of nitrogens with zero attached hydrogens (tertiary/aromatic N) is 3.